The topological polar surface area (TPSA) is 23.5 Å². The van der Waals surface area contributed by atoms with Crippen molar-refractivity contribution in [1.29, 1.82) is 0 Å². The molecule has 0 unspecified atom stereocenters. The Morgan fingerprint density at radius 1 is 1.15 bits per heavy atom. The largest absolute Gasteiger partial charge is 0.396 e. The first kappa shape index (κ1) is 12.9. The molecular formula is C11H25NO. The molecule has 0 bridgehead atoms. The number of nitrogens with zero attached hydrogens (tertiary/aromatic N) is 1. The lowest BCUT2D eigenvalue weighted by Gasteiger charge is -2.27. The minimum absolute atomic E-state index is 0.315. The van der Waals surface area contributed by atoms with Gasteiger partial charge in [0.2, 0.25) is 0 Å². The molecule has 0 radical (unpaired) electrons. The zero-order valence-corrected chi connectivity index (χ0v) is 9.42. The summed E-state index contributed by atoms with van der Waals surface area (Å²) in [6.07, 6.45) is 5.99. The molecule has 0 rings (SSSR count). The zero-order valence-electron chi connectivity index (χ0n) is 9.42. The van der Waals surface area contributed by atoms with Gasteiger partial charge in [-0.05, 0) is 26.3 Å². The Labute approximate surface area is 82.9 Å². The van der Waals surface area contributed by atoms with Gasteiger partial charge in [-0.1, -0.05) is 26.7 Å². The van der Waals surface area contributed by atoms with Gasteiger partial charge in [0.1, 0.15) is 0 Å². The van der Waals surface area contributed by atoms with Gasteiger partial charge < -0.3 is 10.0 Å². The molecule has 0 saturated carbocycles. The minimum atomic E-state index is 0.315. The highest BCUT2D eigenvalue weighted by molar-refractivity contribution is 4.67. The summed E-state index contributed by atoms with van der Waals surface area (Å²) < 4.78 is 0. The quantitative estimate of drug-likeness (QED) is 0.630. The van der Waals surface area contributed by atoms with E-state index >= 15 is 0 Å². The van der Waals surface area contributed by atoms with Gasteiger partial charge >= 0.3 is 0 Å². The Morgan fingerprint density at radius 3 is 2.08 bits per heavy atom. The Bertz CT molecular complexity index is 100. The lowest BCUT2D eigenvalue weighted by Crippen LogP contribution is -2.32. The van der Waals surface area contributed by atoms with Crippen LogP contribution in [0.15, 0.2) is 0 Å². The van der Waals surface area contributed by atoms with Crippen molar-refractivity contribution in [3.05, 3.63) is 0 Å². The lowest BCUT2D eigenvalue weighted by atomic mass is 10.1. The van der Waals surface area contributed by atoms with E-state index in [-0.39, 0.29) is 0 Å². The molecule has 2 nitrogen and oxygen atoms in total. The van der Waals surface area contributed by atoms with Crippen LogP contribution in [0.4, 0.5) is 0 Å². The SMILES string of the molecule is CCCC(CCC)N(C)CCCO. The van der Waals surface area contributed by atoms with Crippen LogP contribution in [-0.4, -0.2) is 36.2 Å². The van der Waals surface area contributed by atoms with Crippen LogP contribution < -0.4 is 0 Å². The number of hydrogen-bond donors (Lipinski definition) is 1. The molecule has 0 aromatic rings. The van der Waals surface area contributed by atoms with Crippen LogP contribution in [0, 0.1) is 0 Å². The summed E-state index contributed by atoms with van der Waals surface area (Å²) in [5, 5.41) is 8.73. The summed E-state index contributed by atoms with van der Waals surface area (Å²) in [6.45, 7) is 5.82. The fourth-order valence-electron chi connectivity index (χ4n) is 1.75. The van der Waals surface area contributed by atoms with E-state index in [0.717, 1.165) is 19.0 Å². The summed E-state index contributed by atoms with van der Waals surface area (Å²) in [5.41, 5.74) is 0. The van der Waals surface area contributed by atoms with Gasteiger partial charge in [0.15, 0.2) is 0 Å². The maximum Gasteiger partial charge on any atom is 0.0443 e. The molecule has 0 spiro atoms. The molecule has 0 amide bonds. The van der Waals surface area contributed by atoms with Crippen molar-refractivity contribution in [2.45, 2.75) is 52.0 Å². The van der Waals surface area contributed by atoms with Crippen LogP contribution in [0.25, 0.3) is 0 Å². The Balaban J connectivity index is 3.72. The molecule has 1 N–H and O–H groups in total. The Morgan fingerprint density at radius 2 is 1.69 bits per heavy atom. The van der Waals surface area contributed by atoms with Crippen molar-refractivity contribution in [3.63, 3.8) is 0 Å². The molecular weight excluding hydrogens is 162 g/mol. The summed E-state index contributed by atoms with van der Waals surface area (Å²) in [7, 11) is 2.17. The number of hydrogen-bond acceptors (Lipinski definition) is 2. The fraction of sp³-hybridized carbons (Fsp3) is 1.00. The second-order valence-corrected chi connectivity index (χ2v) is 3.79. The second kappa shape index (κ2) is 8.52. The van der Waals surface area contributed by atoms with E-state index in [4.69, 9.17) is 5.11 Å². The lowest BCUT2D eigenvalue weighted by molar-refractivity contribution is 0.190. The van der Waals surface area contributed by atoms with Gasteiger partial charge in [-0.15, -0.1) is 0 Å². The van der Waals surface area contributed by atoms with Crippen molar-refractivity contribution in [1.82, 2.24) is 4.90 Å². The summed E-state index contributed by atoms with van der Waals surface area (Å²) >= 11 is 0. The van der Waals surface area contributed by atoms with Crippen LogP contribution in [0.1, 0.15) is 46.0 Å². The third kappa shape index (κ3) is 6.05. The smallest absolute Gasteiger partial charge is 0.0443 e. The van der Waals surface area contributed by atoms with Crippen molar-refractivity contribution in [2.24, 2.45) is 0 Å². The maximum absolute atomic E-state index is 8.73. The van der Waals surface area contributed by atoms with Crippen molar-refractivity contribution >= 4 is 0 Å². The van der Waals surface area contributed by atoms with E-state index in [9.17, 15) is 0 Å². The van der Waals surface area contributed by atoms with Crippen LogP contribution in [-0.2, 0) is 0 Å². The van der Waals surface area contributed by atoms with E-state index < -0.39 is 0 Å². The number of aliphatic hydroxyl groups excluding tert-OH is 1. The molecule has 0 aliphatic rings. The predicted octanol–water partition coefficient (Wildman–Crippen LogP) is 2.27. The third-order valence-corrected chi connectivity index (χ3v) is 2.54. The molecule has 0 aliphatic carbocycles. The molecule has 0 atom stereocenters. The minimum Gasteiger partial charge on any atom is -0.396 e. The molecule has 13 heavy (non-hydrogen) atoms. The molecule has 0 heterocycles. The molecule has 0 aromatic heterocycles. The standard InChI is InChI=1S/C11H25NO/c1-4-7-11(8-5-2)12(3)9-6-10-13/h11,13H,4-10H2,1-3H3. The number of rotatable bonds is 8. The summed E-state index contributed by atoms with van der Waals surface area (Å²) in [5.74, 6) is 0. The van der Waals surface area contributed by atoms with Gasteiger partial charge in [0.05, 0.1) is 0 Å². The Kier molecular flexibility index (Phi) is 8.46. The summed E-state index contributed by atoms with van der Waals surface area (Å²) in [6, 6.07) is 0.724. The van der Waals surface area contributed by atoms with Crippen molar-refractivity contribution < 1.29 is 5.11 Å². The molecule has 0 aliphatic heterocycles. The molecule has 0 aromatic carbocycles. The molecule has 0 fully saturated rings. The monoisotopic (exact) mass is 187 g/mol. The fourth-order valence-corrected chi connectivity index (χ4v) is 1.75. The highest BCUT2D eigenvalue weighted by atomic mass is 16.3. The second-order valence-electron chi connectivity index (χ2n) is 3.79. The van der Waals surface area contributed by atoms with E-state index in [0.29, 0.717) is 6.61 Å². The van der Waals surface area contributed by atoms with E-state index in [1.807, 2.05) is 0 Å². The van der Waals surface area contributed by atoms with E-state index in [2.05, 4.69) is 25.8 Å². The van der Waals surface area contributed by atoms with Gasteiger partial charge in [-0.25, -0.2) is 0 Å². The first-order valence-corrected chi connectivity index (χ1v) is 5.57. The Hall–Kier alpha value is -0.0800. The van der Waals surface area contributed by atoms with Crippen LogP contribution in [0.5, 0.6) is 0 Å². The van der Waals surface area contributed by atoms with E-state index in [1.54, 1.807) is 0 Å². The van der Waals surface area contributed by atoms with Crippen LogP contribution >= 0.6 is 0 Å². The van der Waals surface area contributed by atoms with E-state index in [1.165, 1.54) is 25.7 Å². The average molecular weight is 187 g/mol. The van der Waals surface area contributed by atoms with Crippen LogP contribution in [0.3, 0.4) is 0 Å². The zero-order chi connectivity index (χ0) is 10.1. The summed E-state index contributed by atoms with van der Waals surface area (Å²) in [4.78, 5) is 2.39. The normalized spacial score (nSPS) is 11.5. The van der Waals surface area contributed by atoms with Gasteiger partial charge in [0.25, 0.3) is 0 Å². The maximum atomic E-state index is 8.73. The molecule has 0 saturated heterocycles. The number of aliphatic hydroxyl groups is 1. The molecule has 80 valence electrons. The predicted molar refractivity (Wildman–Crippen MR) is 57.9 cm³/mol. The van der Waals surface area contributed by atoms with Gasteiger partial charge in [-0.3, -0.25) is 0 Å². The average Bonchev–Trinajstić information content (AvgIpc) is 2.14. The van der Waals surface area contributed by atoms with Gasteiger partial charge in [-0.2, -0.15) is 0 Å². The van der Waals surface area contributed by atoms with Crippen molar-refractivity contribution in [3.8, 4) is 0 Å². The molecule has 2 heteroatoms. The first-order valence-electron chi connectivity index (χ1n) is 5.57. The third-order valence-electron chi connectivity index (χ3n) is 2.54. The van der Waals surface area contributed by atoms with Crippen LogP contribution in [0.2, 0.25) is 0 Å². The highest BCUT2D eigenvalue weighted by Crippen LogP contribution is 2.11. The van der Waals surface area contributed by atoms with Crippen molar-refractivity contribution in [2.75, 3.05) is 20.2 Å². The van der Waals surface area contributed by atoms with Gasteiger partial charge in [0, 0.05) is 19.2 Å². The highest BCUT2D eigenvalue weighted by Gasteiger charge is 2.11. The first-order chi connectivity index (χ1) is 6.26.